The Balaban J connectivity index is 2.76. The van der Waals surface area contributed by atoms with E-state index in [4.69, 9.17) is 11.6 Å². The fourth-order valence-corrected chi connectivity index (χ4v) is 1.52. The molecule has 0 aliphatic heterocycles. The van der Waals surface area contributed by atoms with E-state index in [9.17, 15) is 9.59 Å². The fourth-order valence-electron chi connectivity index (χ4n) is 1.35. The normalized spacial score (nSPS) is 9.53. The lowest BCUT2D eigenvalue weighted by Crippen LogP contribution is -2.39. The highest BCUT2D eigenvalue weighted by molar-refractivity contribution is 6.41. The molecular formula is C13H14ClN3O2. The molecule has 1 heterocycles. The molecule has 1 N–H and O–H groups in total. The lowest BCUT2D eigenvalue weighted by atomic mass is 10.3. The van der Waals surface area contributed by atoms with Crippen molar-refractivity contribution in [1.29, 1.82) is 0 Å². The average Bonchev–Trinajstić information content (AvgIpc) is 2.40. The van der Waals surface area contributed by atoms with Crippen LogP contribution in [0.5, 0.6) is 0 Å². The van der Waals surface area contributed by atoms with Crippen LogP contribution in [-0.4, -0.2) is 34.8 Å². The Bertz CT molecular complexity index is 492. The van der Waals surface area contributed by atoms with Crippen molar-refractivity contribution in [2.24, 2.45) is 0 Å². The Labute approximate surface area is 116 Å². The van der Waals surface area contributed by atoms with Gasteiger partial charge >= 0.3 is 11.8 Å². The number of nitrogens with zero attached hydrogens (tertiary/aromatic N) is 2. The summed E-state index contributed by atoms with van der Waals surface area (Å²) >= 11 is 5.79. The molecule has 6 heteroatoms. The molecule has 0 aliphatic carbocycles. The van der Waals surface area contributed by atoms with Gasteiger partial charge < -0.3 is 10.2 Å². The van der Waals surface area contributed by atoms with Gasteiger partial charge in [0.2, 0.25) is 0 Å². The van der Waals surface area contributed by atoms with Crippen LogP contribution in [0.25, 0.3) is 0 Å². The number of halogens is 1. The fraction of sp³-hybridized carbons (Fsp3) is 0.154. The highest BCUT2D eigenvalue weighted by atomic mass is 35.5. The minimum absolute atomic E-state index is 0.127. The molecule has 0 aliphatic rings. The van der Waals surface area contributed by atoms with Crippen LogP contribution >= 0.6 is 11.6 Å². The maximum atomic E-state index is 11.9. The number of pyridine rings is 1. The quantitative estimate of drug-likeness (QED) is 0.508. The number of rotatable bonds is 5. The predicted octanol–water partition coefficient (Wildman–Crippen LogP) is 1.87. The predicted molar refractivity (Wildman–Crippen MR) is 74.9 cm³/mol. The van der Waals surface area contributed by atoms with Gasteiger partial charge in [-0.3, -0.25) is 9.59 Å². The number of hydrogen-bond donors (Lipinski definition) is 1. The number of carbonyl (C=O) groups is 2. The van der Waals surface area contributed by atoms with Gasteiger partial charge in [-0.25, -0.2) is 4.98 Å². The third-order valence-corrected chi connectivity index (χ3v) is 2.49. The van der Waals surface area contributed by atoms with Gasteiger partial charge in [-0.05, 0) is 12.1 Å². The van der Waals surface area contributed by atoms with Gasteiger partial charge in [0.1, 0.15) is 0 Å². The topological polar surface area (TPSA) is 62.3 Å². The van der Waals surface area contributed by atoms with Crippen molar-refractivity contribution >= 4 is 29.1 Å². The first-order chi connectivity index (χ1) is 9.10. The van der Waals surface area contributed by atoms with Crippen LogP contribution in [-0.2, 0) is 9.59 Å². The molecule has 0 radical (unpaired) electrons. The van der Waals surface area contributed by atoms with Gasteiger partial charge in [0, 0.05) is 19.3 Å². The summed E-state index contributed by atoms with van der Waals surface area (Å²) in [6.07, 6.45) is 4.55. The van der Waals surface area contributed by atoms with E-state index in [0.717, 1.165) is 0 Å². The van der Waals surface area contributed by atoms with E-state index >= 15 is 0 Å². The first-order valence-electron chi connectivity index (χ1n) is 5.52. The summed E-state index contributed by atoms with van der Waals surface area (Å²) in [6, 6.07) is 3.17. The molecular weight excluding hydrogens is 266 g/mol. The number of nitrogens with one attached hydrogen (secondary N) is 1. The second kappa shape index (κ2) is 7.33. The zero-order valence-corrected chi connectivity index (χ0v) is 11.1. The van der Waals surface area contributed by atoms with Crippen molar-refractivity contribution in [3.05, 3.63) is 48.8 Å². The summed E-state index contributed by atoms with van der Waals surface area (Å²) in [7, 11) is 0. The molecule has 1 aromatic heterocycles. The van der Waals surface area contributed by atoms with E-state index in [1.54, 1.807) is 12.1 Å². The summed E-state index contributed by atoms with van der Waals surface area (Å²) in [6.45, 7) is 7.59. The van der Waals surface area contributed by atoms with E-state index in [2.05, 4.69) is 23.5 Å². The van der Waals surface area contributed by atoms with Gasteiger partial charge in [0.15, 0.2) is 5.15 Å². The van der Waals surface area contributed by atoms with Crippen LogP contribution in [0.2, 0.25) is 5.15 Å². The molecule has 100 valence electrons. The van der Waals surface area contributed by atoms with E-state index < -0.39 is 11.8 Å². The van der Waals surface area contributed by atoms with Gasteiger partial charge in [0.05, 0.1) is 5.69 Å². The van der Waals surface area contributed by atoms with E-state index in [0.29, 0.717) is 5.69 Å². The zero-order chi connectivity index (χ0) is 14.3. The maximum absolute atomic E-state index is 11.9. The average molecular weight is 280 g/mol. The van der Waals surface area contributed by atoms with E-state index in [1.165, 1.54) is 23.2 Å². The molecule has 0 atom stereocenters. The Morgan fingerprint density at radius 3 is 2.53 bits per heavy atom. The highest BCUT2D eigenvalue weighted by Crippen LogP contribution is 2.17. The lowest BCUT2D eigenvalue weighted by Gasteiger charge is -2.18. The lowest BCUT2D eigenvalue weighted by molar-refractivity contribution is -0.142. The van der Waals surface area contributed by atoms with Gasteiger partial charge in [-0.15, -0.1) is 13.2 Å². The molecule has 0 saturated heterocycles. The smallest absolute Gasteiger partial charge is 0.314 e. The molecule has 5 nitrogen and oxygen atoms in total. The van der Waals surface area contributed by atoms with Crippen LogP contribution in [0.3, 0.4) is 0 Å². The Morgan fingerprint density at radius 1 is 1.37 bits per heavy atom. The van der Waals surface area contributed by atoms with E-state index in [-0.39, 0.29) is 18.2 Å². The summed E-state index contributed by atoms with van der Waals surface area (Å²) in [5, 5.41) is 2.54. The molecule has 0 aromatic carbocycles. The first kappa shape index (κ1) is 14.9. The number of aromatic nitrogens is 1. The minimum Gasteiger partial charge on any atom is -0.327 e. The van der Waals surface area contributed by atoms with Crippen LogP contribution in [0, 0.1) is 0 Å². The zero-order valence-electron chi connectivity index (χ0n) is 10.3. The maximum Gasteiger partial charge on any atom is 0.314 e. The van der Waals surface area contributed by atoms with Crippen LogP contribution < -0.4 is 5.32 Å². The number of carbonyl (C=O) groups excluding carboxylic acids is 2. The molecule has 2 amide bonds. The molecule has 0 saturated carbocycles. The third kappa shape index (κ3) is 4.22. The number of anilines is 1. The Hall–Kier alpha value is -2.14. The van der Waals surface area contributed by atoms with Crippen molar-refractivity contribution in [3.63, 3.8) is 0 Å². The van der Waals surface area contributed by atoms with E-state index in [1.807, 2.05) is 0 Å². The second-order valence-corrected chi connectivity index (χ2v) is 3.94. The van der Waals surface area contributed by atoms with Crippen molar-refractivity contribution in [3.8, 4) is 0 Å². The van der Waals surface area contributed by atoms with Crippen molar-refractivity contribution < 1.29 is 9.59 Å². The van der Waals surface area contributed by atoms with Gasteiger partial charge in [-0.1, -0.05) is 23.8 Å². The largest absolute Gasteiger partial charge is 0.327 e. The molecule has 0 unspecified atom stereocenters. The van der Waals surface area contributed by atoms with Gasteiger partial charge in [-0.2, -0.15) is 0 Å². The molecule has 19 heavy (non-hydrogen) atoms. The summed E-state index contributed by atoms with van der Waals surface area (Å²) in [5.74, 6) is -1.46. The van der Waals surface area contributed by atoms with Crippen LogP contribution in [0.4, 0.5) is 5.69 Å². The summed E-state index contributed by atoms with van der Waals surface area (Å²) in [5.41, 5.74) is 0.291. The van der Waals surface area contributed by atoms with Crippen molar-refractivity contribution in [1.82, 2.24) is 9.88 Å². The second-order valence-electron chi connectivity index (χ2n) is 3.58. The third-order valence-electron chi connectivity index (χ3n) is 2.19. The first-order valence-corrected chi connectivity index (χ1v) is 5.90. The Kier molecular flexibility index (Phi) is 5.75. The SMILES string of the molecule is C=CCN(CC=C)C(=O)C(=O)Nc1cccnc1Cl. The van der Waals surface area contributed by atoms with Gasteiger partial charge in [0.25, 0.3) is 0 Å². The molecule has 0 bridgehead atoms. The molecule has 1 rings (SSSR count). The number of amides is 2. The monoisotopic (exact) mass is 279 g/mol. The standard InChI is InChI=1S/C13H14ClN3O2/c1-3-8-17(9-4-2)13(19)12(18)16-10-6-5-7-15-11(10)14/h3-7H,1-2,8-9H2,(H,16,18). The van der Waals surface area contributed by atoms with Crippen LogP contribution in [0.1, 0.15) is 0 Å². The van der Waals surface area contributed by atoms with Crippen LogP contribution in [0.15, 0.2) is 43.6 Å². The summed E-state index contributed by atoms with van der Waals surface area (Å²) < 4.78 is 0. The van der Waals surface area contributed by atoms with Crippen molar-refractivity contribution in [2.75, 3.05) is 18.4 Å². The number of hydrogen-bond acceptors (Lipinski definition) is 3. The molecule has 0 spiro atoms. The highest BCUT2D eigenvalue weighted by Gasteiger charge is 2.20. The molecule has 0 fully saturated rings. The van der Waals surface area contributed by atoms with Crippen molar-refractivity contribution in [2.45, 2.75) is 0 Å². The molecule has 1 aromatic rings. The minimum atomic E-state index is -0.779. The summed E-state index contributed by atoms with van der Waals surface area (Å²) in [4.78, 5) is 28.8. The Morgan fingerprint density at radius 2 is 2.00 bits per heavy atom.